The van der Waals surface area contributed by atoms with Crippen LogP contribution in [0.15, 0.2) is 44.1 Å². The molecule has 0 saturated heterocycles. The molecule has 0 aliphatic rings. The smallest absolute Gasteiger partial charge is 0.373 e. The van der Waals surface area contributed by atoms with Gasteiger partial charge in [0.05, 0.1) is 12.9 Å². The van der Waals surface area contributed by atoms with E-state index in [9.17, 15) is 4.79 Å². The summed E-state index contributed by atoms with van der Waals surface area (Å²) in [5, 5.41) is 0. The second-order valence-corrected chi connectivity index (χ2v) is 5.66. The first-order valence-electron chi connectivity index (χ1n) is 5.45. The molecule has 1 aromatic heterocycles. The molecule has 0 atom stereocenters. The zero-order chi connectivity index (χ0) is 13.8. The fraction of sp³-hybridized carbons (Fsp3) is 0.154. The van der Waals surface area contributed by atoms with Gasteiger partial charge in [-0.3, -0.25) is 0 Å². The lowest BCUT2D eigenvalue weighted by Gasteiger charge is -2.04. The van der Waals surface area contributed by atoms with Crippen LogP contribution in [0.3, 0.4) is 0 Å². The minimum absolute atomic E-state index is 0.210. The van der Waals surface area contributed by atoms with Gasteiger partial charge in [0.2, 0.25) is 5.76 Å². The van der Waals surface area contributed by atoms with Crippen molar-refractivity contribution in [2.75, 3.05) is 12.8 Å². The molecule has 4 nitrogen and oxygen atoms in total. The first-order chi connectivity index (χ1) is 9.10. The number of carbonyl (C=O) groups is 1. The highest BCUT2D eigenvalue weighted by Gasteiger charge is 2.11. The average molecular weight is 342 g/mol. The third-order valence-corrected chi connectivity index (χ3v) is 3.99. The van der Waals surface area contributed by atoms with Crippen LogP contribution in [-0.2, 0) is 10.5 Å². The molecule has 0 fully saturated rings. The number of furan rings is 1. The summed E-state index contributed by atoms with van der Waals surface area (Å²) in [6, 6.07) is 9.08. The van der Waals surface area contributed by atoms with E-state index in [4.69, 9.17) is 10.2 Å². The van der Waals surface area contributed by atoms with Gasteiger partial charge in [0.25, 0.3) is 0 Å². The third-order valence-electron chi connectivity index (χ3n) is 2.39. The van der Waals surface area contributed by atoms with Gasteiger partial charge in [0, 0.05) is 15.1 Å². The molecule has 0 saturated carbocycles. The van der Waals surface area contributed by atoms with Crippen molar-refractivity contribution in [1.82, 2.24) is 0 Å². The average Bonchev–Trinajstić information content (AvgIpc) is 2.85. The molecule has 0 spiro atoms. The van der Waals surface area contributed by atoms with Gasteiger partial charge in [-0.25, -0.2) is 4.79 Å². The topological polar surface area (TPSA) is 65.5 Å². The second-order valence-electron chi connectivity index (χ2n) is 3.73. The van der Waals surface area contributed by atoms with Gasteiger partial charge in [-0.1, -0.05) is 15.9 Å². The number of anilines is 1. The fourth-order valence-electron chi connectivity index (χ4n) is 1.47. The molecule has 0 aliphatic heterocycles. The van der Waals surface area contributed by atoms with Crippen molar-refractivity contribution in [2.24, 2.45) is 0 Å². The Bertz CT molecular complexity index is 597. The lowest BCUT2D eigenvalue weighted by Crippen LogP contribution is -1.98. The van der Waals surface area contributed by atoms with Gasteiger partial charge < -0.3 is 14.9 Å². The van der Waals surface area contributed by atoms with Gasteiger partial charge in [0.1, 0.15) is 5.76 Å². The number of hydrogen-bond donors (Lipinski definition) is 1. The van der Waals surface area contributed by atoms with Crippen molar-refractivity contribution in [3.8, 4) is 0 Å². The van der Waals surface area contributed by atoms with E-state index in [0.717, 1.165) is 9.37 Å². The number of benzene rings is 1. The molecule has 2 rings (SSSR count). The summed E-state index contributed by atoms with van der Waals surface area (Å²) in [6.07, 6.45) is 0. The van der Waals surface area contributed by atoms with E-state index in [1.54, 1.807) is 23.9 Å². The third kappa shape index (κ3) is 3.54. The maximum absolute atomic E-state index is 11.2. The Morgan fingerprint density at radius 1 is 1.42 bits per heavy atom. The summed E-state index contributed by atoms with van der Waals surface area (Å²) < 4.78 is 10.9. The lowest BCUT2D eigenvalue weighted by atomic mass is 10.3. The summed E-state index contributed by atoms with van der Waals surface area (Å²) in [7, 11) is 1.32. The molecule has 6 heteroatoms. The molecular formula is C13H12BrNO3S. The van der Waals surface area contributed by atoms with Gasteiger partial charge >= 0.3 is 5.97 Å². The number of methoxy groups -OCH3 is 1. The molecule has 1 aromatic carbocycles. The number of hydrogen-bond acceptors (Lipinski definition) is 5. The van der Waals surface area contributed by atoms with Crippen LogP contribution in [0.4, 0.5) is 5.69 Å². The van der Waals surface area contributed by atoms with Crippen LogP contribution in [0.1, 0.15) is 16.3 Å². The Hall–Kier alpha value is -1.40. The SMILES string of the molecule is COC(=O)c1ccc(CSc2ccc(Br)cc2N)o1. The lowest BCUT2D eigenvalue weighted by molar-refractivity contribution is 0.0563. The Morgan fingerprint density at radius 2 is 2.21 bits per heavy atom. The normalized spacial score (nSPS) is 10.4. The zero-order valence-corrected chi connectivity index (χ0v) is 12.6. The van der Waals surface area contributed by atoms with Gasteiger partial charge in [-0.2, -0.15) is 0 Å². The molecule has 0 radical (unpaired) electrons. The van der Waals surface area contributed by atoms with Crippen molar-refractivity contribution in [2.45, 2.75) is 10.6 Å². The van der Waals surface area contributed by atoms with Crippen LogP contribution < -0.4 is 5.73 Å². The number of carbonyl (C=O) groups excluding carboxylic acids is 1. The Morgan fingerprint density at radius 3 is 2.89 bits per heavy atom. The molecule has 0 unspecified atom stereocenters. The van der Waals surface area contributed by atoms with Crippen LogP contribution in [0.5, 0.6) is 0 Å². The molecule has 2 aromatic rings. The van der Waals surface area contributed by atoms with Gasteiger partial charge in [-0.15, -0.1) is 11.8 Å². The van der Waals surface area contributed by atoms with E-state index in [1.165, 1.54) is 7.11 Å². The molecule has 100 valence electrons. The molecule has 1 heterocycles. The Labute approximate surface area is 123 Å². The van der Waals surface area contributed by atoms with E-state index in [-0.39, 0.29) is 5.76 Å². The van der Waals surface area contributed by atoms with E-state index in [2.05, 4.69) is 20.7 Å². The van der Waals surface area contributed by atoms with Crippen molar-refractivity contribution in [3.63, 3.8) is 0 Å². The molecule has 0 aliphatic carbocycles. The largest absolute Gasteiger partial charge is 0.463 e. The standard InChI is InChI=1S/C13H12BrNO3S/c1-17-13(16)11-4-3-9(18-11)7-19-12-5-2-8(14)6-10(12)15/h2-6H,7,15H2,1H3. The maximum Gasteiger partial charge on any atom is 0.373 e. The predicted molar refractivity (Wildman–Crippen MR) is 78.2 cm³/mol. The summed E-state index contributed by atoms with van der Waals surface area (Å²) in [5.74, 6) is 1.04. The highest BCUT2D eigenvalue weighted by molar-refractivity contribution is 9.10. The molecule has 19 heavy (non-hydrogen) atoms. The van der Waals surface area contributed by atoms with Gasteiger partial charge in [0.15, 0.2) is 0 Å². The van der Waals surface area contributed by atoms with Crippen LogP contribution in [0.25, 0.3) is 0 Å². The predicted octanol–water partition coefficient (Wildman–Crippen LogP) is 3.70. The van der Waals surface area contributed by atoms with Crippen molar-refractivity contribution in [3.05, 3.63) is 46.3 Å². The van der Waals surface area contributed by atoms with E-state index >= 15 is 0 Å². The van der Waals surface area contributed by atoms with Crippen molar-refractivity contribution < 1.29 is 13.9 Å². The molecule has 0 bridgehead atoms. The molecule has 2 N–H and O–H groups in total. The van der Waals surface area contributed by atoms with E-state index < -0.39 is 5.97 Å². The number of halogens is 1. The fourth-order valence-corrected chi connectivity index (χ4v) is 2.69. The van der Waals surface area contributed by atoms with E-state index in [1.807, 2.05) is 18.2 Å². The van der Waals surface area contributed by atoms with E-state index in [0.29, 0.717) is 17.2 Å². The maximum atomic E-state index is 11.2. The quantitative estimate of drug-likeness (QED) is 0.521. The summed E-state index contributed by atoms with van der Waals surface area (Å²) in [4.78, 5) is 12.2. The molecular weight excluding hydrogens is 330 g/mol. The first kappa shape index (κ1) is 14.0. The Kier molecular flexibility index (Phi) is 4.55. The highest BCUT2D eigenvalue weighted by atomic mass is 79.9. The van der Waals surface area contributed by atoms with Crippen molar-refractivity contribution in [1.29, 1.82) is 0 Å². The summed E-state index contributed by atoms with van der Waals surface area (Å²) >= 11 is 4.91. The second kappa shape index (κ2) is 6.16. The van der Waals surface area contributed by atoms with Crippen LogP contribution in [-0.4, -0.2) is 13.1 Å². The summed E-state index contributed by atoms with van der Waals surface area (Å²) in [6.45, 7) is 0. The minimum Gasteiger partial charge on any atom is -0.463 e. The van der Waals surface area contributed by atoms with Crippen LogP contribution >= 0.6 is 27.7 Å². The monoisotopic (exact) mass is 341 g/mol. The number of thioether (sulfide) groups is 1. The number of nitrogens with two attached hydrogens (primary N) is 1. The zero-order valence-electron chi connectivity index (χ0n) is 10.2. The number of nitrogen functional groups attached to an aromatic ring is 1. The number of rotatable bonds is 4. The van der Waals surface area contributed by atoms with Crippen molar-refractivity contribution >= 4 is 39.3 Å². The van der Waals surface area contributed by atoms with Crippen LogP contribution in [0.2, 0.25) is 0 Å². The number of ether oxygens (including phenoxy) is 1. The molecule has 0 amide bonds. The van der Waals surface area contributed by atoms with Crippen LogP contribution in [0, 0.1) is 0 Å². The first-order valence-corrected chi connectivity index (χ1v) is 7.23. The highest BCUT2D eigenvalue weighted by Crippen LogP contribution is 2.30. The Balaban J connectivity index is 2.02. The number of esters is 1. The van der Waals surface area contributed by atoms with Gasteiger partial charge in [-0.05, 0) is 30.3 Å². The minimum atomic E-state index is -0.473. The summed E-state index contributed by atoms with van der Waals surface area (Å²) in [5.41, 5.74) is 6.61.